The molecule has 0 aliphatic heterocycles. The molecule has 0 fully saturated rings. The van der Waals surface area contributed by atoms with Crippen LogP contribution in [0.3, 0.4) is 0 Å². The molecule has 3 nitrogen and oxygen atoms in total. The van der Waals surface area contributed by atoms with Gasteiger partial charge >= 0.3 is 0 Å². The zero-order chi connectivity index (χ0) is 13.3. The van der Waals surface area contributed by atoms with E-state index in [1.807, 2.05) is 15.7 Å². The van der Waals surface area contributed by atoms with Crippen molar-refractivity contribution in [2.24, 2.45) is 0 Å². The first-order chi connectivity index (χ1) is 6.92. The largest absolute Gasteiger partial charge is 0.482 e. The number of rotatable bonds is 4. The van der Waals surface area contributed by atoms with E-state index in [0.29, 0.717) is 0 Å². The highest BCUT2D eigenvalue weighted by atomic mass is 16.4. The first kappa shape index (κ1) is 15.8. The predicted molar refractivity (Wildman–Crippen MR) is 82.2 cm³/mol. The predicted octanol–water partition coefficient (Wildman–Crippen LogP) is -3.52. The highest BCUT2D eigenvalue weighted by molar-refractivity contribution is 6.50. The van der Waals surface area contributed by atoms with E-state index in [0.717, 1.165) is 0 Å². The van der Waals surface area contributed by atoms with Crippen molar-refractivity contribution in [1.82, 2.24) is 4.81 Å². The van der Waals surface area contributed by atoms with E-state index in [9.17, 15) is 4.79 Å². The number of hydrogen-bond acceptors (Lipinski definition) is 2. The van der Waals surface area contributed by atoms with Crippen molar-refractivity contribution >= 4 is 45.3 Å². The molecule has 0 aliphatic carbocycles. The number of hydrogen-bond donors (Lipinski definition) is 1. The number of nitrogens with zero attached hydrogens (tertiary/aromatic N) is 1. The molecule has 0 spiro atoms. The van der Waals surface area contributed by atoms with E-state index in [2.05, 4.69) is 41.4 Å². The van der Waals surface area contributed by atoms with Gasteiger partial charge in [-0.25, -0.2) is 0 Å². The second kappa shape index (κ2) is 4.95. The van der Waals surface area contributed by atoms with Crippen molar-refractivity contribution in [3.8, 4) is 0 Å². The van der Waals surface area contributed by atoms with E-state index in [4.69, 9.17) is 5.11 Å². The Kier molecular flexibility index (Phi) is 4.87. The van der Waals surface area contributed by atoms with Crippen molar-refractivity contribution in [3.05, 3.63) is 0 Å². The van der Waals surface area contributed by atoms with E-state index in [1.165, 1.54) is 0 Å². The minimum absolute atomic E-state index is 0.0505. The second-order valence-corrected chi connectivity index (χ2v) is 6.34. The summed E-state index contributed by atoms with van der Waals surface area (Å²) in [6, 6.07) is 0. The molecule has 0 heterocycles. The Morgan fingerprint density at radius 1 is 1.25 bits per heavy atom. The van der Waals surface area contributed by atoms with Crippen LogP contribution in [0.1, 0.15) is 20.8 Å². The van der Waals surface area contributed by atoms with Gasteiger partial charge in [-0.15, -0.1) is 0 Å². The molecule has 1 N–H and O–H groups in total. The topological polar surface area (TPSA) is 40.5 Å². The summed E-state index contributed by atoms with van der Waals surface area (Å²) in [4.78, 5) is 13.3. The number of carboxylic acid groups (broad SMARTS) is 1. The first-order valence-corrected chi connectivity index (χ1v) is 5.88. The third-order valence-electron chi connectivity index (χ3n) is 4.20. The van der Waals surface area contributed by atoms with Crippen LogP contribution in [0.2, 0.25) is 11.0 Å². The third kappa shape index (κ3) is 3.37. The molecule has 0 amide bonds. The smallest absolute Gasteiger partial charge is 0.297 e. The molecule has 16 heavy (non-hydrogen) atoms. The maximum absolute atomic E-state index is 11.1. The molecule has 0 saturated carbocycles. The van der Waals surface area contributed by atoms with Crippen LogP contribution in [-0.4, -0.2) is 66.7 Å². The highest BCUT2D eigenvalue weighted by Gasteiger charge is 2.39. The normalized spacial score (nSPS) is 17.0. The van der Waals surface area contributed by atoms with Gasteiger partial charge in [0.05, 0.1) is 0 Å². The van der Waals surface area contributed by atoms with Crippen LogP contribution < -0.4 is 0 Å². The summed E-state index contributed by atoms with van der Waals surface area (Å²) in [6.07, 6.45) is 0. The van der Waals surface area contributed by atoms with Gasteiger partial charge in [0, 0.05) is 11.4 Å². The van der Waals surface area contributed by atoms with Crippen LogP contribution in [0.5, 0.6) is 0 Å². The van der Waals surface area contributed by atoms with Crippen LogP contribution in [-0.2, 0) is 4.79 Å². The SMILES string of the molecule is BC(C(=O)O)C(B)(B)C(B)N(B)C(C)(C)C. The van der Waals surface area contributed by atoms with Crippen molar-refractivity contribution < 1.29 is 9.90 Å². The van der Waals surface area contributed by atoms with E-state index < -0.39 is 5.97 Å². The lowest BCUT2D eigenvalue weighted by Crippen LogP contribution is -2.54. The molecule has 0 aromatic heterocycles. The van der Waals surface area contributed by atoms with Gasteiger partial charge in [-0.05, 0) is 26.7 Å². The summed E-state index contributed by atoms with van der Waals surface area (Å²) in [5, 5.41) is 8.88. The second-order valence-electron chi connectivity index (χ2n) is 6.34. The fourth-order valence-corrected chi connectivity index (χ4v) is 1.76. The summed E-state index contributed by atoms with van der Waals surface area (Å²) < 4.78 is 0. The maximum Gasteiger partial charge on any atom is 0.297 e. The van der Waals surface area contributed by atoms with Crippen molar-refractivity contribution in [3.63, 3.8) is 0 Å². The van der Waals surface area contributed by atoms with Crippen LogP contribution in [0.4, 0.5) is 0 Å². The Morgan fingerprint density at radius 2 is 1.62 bits per heavy atom. The van der Waals surface area contributed by atoms with Gasteiger partial charge in [0.1, 0.15) is 31.4 Å². The Bertz CT molecular complexity index is 266. The fraction of sp³-hybridized carbons (Fsp3) is 0.875. The van der Waals surface area contributed by atoms with Crippen molar-refractivity contribution in [2.75, 3.05) is 0 Å². The van der Waals surface area contributed by atoms with Gasteiger partial charge in [-0.2, -0.15) is 0 Å². The zero-order valence-corrected chi connectivity index (χ0v) is 12.0. The van der Waals surface area contributed by atoms with Crippen LogP contribution >= 0.6 is 0 Å². The molecule has 0 bridgehead atoms. The summed E-state index contributed by atoms with van der Waals surface area (Å²) in [5.41, 5.74) is 0.0505. The molecule has 86 valence electrons. The summed E-state index contributed by atoms with van der Waals surface area (Å²) in [7, 11) is 10.00. The van der Waals surface area contributed by atoms with Crippen molar-refractivity contribution in [1.29, 1.82) is 0 Å². The summed E-state index contributed by atoms with van der Waals surface area (Å²) in [6.45, 7) is 6.43. The number of carbonyl (C=O) groups is 1. The van der Waals surface area contributed by atoms with Gasteiger partial charge < -0.3 is 9.92 Å². The van der Waals surface area contributed by atoms with Gasteiger partial charge in [-0.3, -0.25) is 4.79 Å². The monoisotopic (exact) mass is 219 g/mol. The van der Waals surface area contributed by atoms with E-state index >= 15 is 0 Å². The molecule has 0 radical (unpaired) electrons. The molecule has 2 unspecified atom stereocenters. The number of aliphatic carboxylic acids is 1. The maximum atomic E-state index is 11.1. The van der Waals surface area contributed by atoms with Crippen LogP contribution in [0, 0.1) is 0 Å². The standard InChI is InChI=1S/C8H22B5NO2/c1-7(2,3)14(13)6(10)8(11,12)4(9)5(15)16/h4,6H,9-13H2,1-3H3,(H,15,16). The lowest BCUT2D eigenvalue weighted by atomic mass is 9.37. The van der Waals surface area contributed by atoms with Gasteiger partial charge in [0.15, 0.2) is 7.98 Å². The summed E-state index contributed by atoms with van der Waals surface area (Å²) >= 11 is 0. The Hall–Kier alpha value is -0.245. The molecule has 0 rings (SSSR count). The van der Waals surface area contributed by atoms with Gasteiger partial charge in [-0.1, -0.05) is 5.21 Å². The minimum atomic E-state index is -0.723. The van der Waals surface area contributed by atoms with E-state index in [1.54, 1.807) is 7.85 Å². The van der Waals surface area contributed by atoms with Crippen LogP contribution in [0.25, 0.3) is 0 Å². The lowest BCUT2D eigenvalue weighted by molar-refractivity contribution is -0.137. The molecule has 0 aliphatic rings. The van der Waals surface area contributed by atoms with Crippen molar-refractivity contribution in [2.45, 2.75) is 43.3 Å². The molecule has 0 saturated heterocycles. The van der Waals surface area contributed by atoms with Crippen LogP contribution in [0.15, 0.2) is 0 Å². The van der Waals surface area contributed by atoms with Gasteiger partial charge in [0.2, 0.25) is 0 Å². The molecule has 2 atom stereocenters. The average molecular weight is 218 g/mol. The third-order valence-corrected chi connectivity index (χ3v) is 4.20. The average Bonchev–Trinajstić information content (AvgIpc) is 2.12. The zero-order valence-electron chi connectivity index (χ0n) is 12.0. The Morgan fingerprint density at radius 3 is 1.88 bits per heavy atom. The summed E-state index contributed by atoms with van der Waals surface area (Å²) in [5.74, 6) is -0.870. The molecule has 8 heteroatoms. The fourth-order valence-electron chi connectivity index (χ4n) is 1.76. The Labute approximate surface area is 104 Å². The molecule has 0 aromatic rings. The highest BCUT2D eigenvalue weighted by Crippen LogP contribution is 2.37. The van der Waals surface area contributed by atoms with Gasteiger partial charge in [0.25, 0.3) is 5.97 Å². The quantitative estimate of drug-likeness (QED) is 0.498. The number of carboxylic acids is 1. The molecule has 0 aromatic carbocycles. The van der Waals surface area contributed by atoms with E-state index in [-0.39, 0.29) is 22.5 Å². The molecular formula is C8H22B5NO2. The lowest BCUT2D eigenvalue weighted by Gasteiger charge is -2.47. The Balaban J connectivity index is 4.96. The minimum Gasteiger partial charge on any atom is -0.482 e. The molecular weight excluding hydrogens is 196 g/mol. The first-order valence-electron chi connectivity index (χ1n) is 5.88.